The molecule has 4 rings (SSSR count). The highest BCUT2D eigenvalue weighted by atomic mass is 35.5. The molecule has 36 heavy (non-hydrogen) atoms. The second-order valence-corrected chi connectivity index (χ2v) is 8.05. The number of ether oxygens (including phenoxy) is 1. The first-order valence-electron chi connectivity index (χ1n) is 10.4. The second kappa shape index (κ2) is 9.78. The van der Waals surface area contributed by atoms with E-state index in [4.69, 9.17) is 11.6 Å². The molecule has 2 aromatic heterocycles. The van der Waals surface area contributed by atoms with Gasteiger partial charge in [0.2, 0.25) is 5.88 Å². The molecule has 0 fully saturated rings. The van der Waals surface area contributed by atoms with Gasteiger partial charge in [-0.1, -0.05) is 23.7 Å². The van der Waals surface area contributed by atoms with Crippen molar-refractivity contribution < 1.29 is 27.8 Å². The van der Waals surface area contributed by atoms with Crippen molar-refractivity contribution in [2.75, 3.05) is 5.32 Å². The summed E-state index contributed by atoms with van der Waals surface area (Å²) in [6.07, 6.45) is -3.40. The highest BCUT2D eigenvalue weighted by molar-refractivity contribution is 6.34. The number of pyridine rings is 1. The third-order valence-corrected chi connectivity index (χ3v) is 5.55. The van der Waals surface area contributed by atoms with Crippen LogP contribution in [0.1, 0.15) is 21.6 Å². The molecule has 0 atom stereocenters. The van der Waals surface area contributed by atoms with Gasteiger partial charge in [0.15, 0.2) is 0 Å². The number of aromatic nitrogens is 3. The molecule has 186 valence electrons. The van der Waals surface area contributed by atoms with Crippen molar-refractivity contribution in [1.29, 1.82) is 0 Å². The summed E-state index contributed by atoms with van der Waals surface area (Å²) in [6, 6.07) is 14.3. The van der Waals surface area contributed by atoms with Gasteiger partial charge in [-0.3, -0.25) is 9.36 Å². The van der Waals surface area contributed by atoms with Crippen LogP contribution in [0, 0.1) is 6.92 Å². The Morgan fingerprint density at radius 3 is 2.50 bits per heavy atom. The Labute approximate surface area is 207 Å². The van der Waals surface area contributed by atoms with Gasteiger partial charge in [0.05, 0.1) is 28.5 Å². The van der Waals surface area contributed by atoms with Crippen molar-refractivity contribution in [3.05, 3.63) is 99.2 Å². The maximum atomic E-state index is 13.1. The molecule has 0 bridgehead atoms. The third kappa shape index (κ3) is 5.36. The molecule has 0 aliphatic heterocycles. The van der Waals surface area contributed by atoms with Crippen molar-refractivity contribution in [2.24, 2.45) is 0 Å². The Balaban J connectivity index is 1.58. The number of benzene rings is 2. The number of alkyl halides is 3. The Hall–Kier alpha value is -4.25. The fourth-order valence-electron chi connectivity index (χ4n) is 3.51. The number of amides is 1. The SMILES string of the molecule is Cc1c(O)n(-c2ccc(OC(F)(F)F)cc2)c(=O)n1Cc1ccnc(NC(=O)c2ccccc2Cl)c1. The summed E-state index contributed by atoms with van der Waals surface area (Å²) in [5.74, 6) is -1.06. The van der Waals surface area contributed by atoms with Gasteiger partial charge in [0.1, 0.15) is 11.6 Å². The minimum Gasteiger partial charge on any atom is -0.493 e. The highest BCUT2D eigenvalue weighted by Crippen LogP contribution is 2.26. The lowest BCUT2D eigenvalue weighted by Gasteiger charge is -2.09. The molecule has 2 heterocycles. The van der Waals surface area contributed by atoms with Crippen LogP contribution in [0.25, 0.3) is 5.69 Å². The van der Waals surface area contributed by atoms with Crippen molar-refractivity contribution in [3.8, 4) is 17.3 Å². The van der Waals surface area contributed by atoms with Crippen LogP contribution in [0.3, 0.4) is 0 Å². The van der Waals surface area contributed by atoms with Crippen LogP contribution in [0.2, 0.25) is 5.02 Å². The van der Waals surface area contributed by atoms with Gasteiger partial charge in [-0.15, -0.1) is 13.2 Å². The Bertz CT molecular complexity index is 1480. The average Bonchev–Trinajstić information content (AvgIpc) is 3.02. The number of carbonyl (C=O) groups is 1. The van der Waals surface area contributed by atoms with E-state index in [-0.39, 0.29) is 40.2 Å². The second-order valence-electron chi connectivity index (χ2n) is 7.64. The van der Waals surface area contributed by atoms with Crippen LogP contribution < -0.4 is 15.7 Å². The molecule has 8 nitrogen and oxygen atoms in total. The molecule has 0 saturated heterocycles. The molecular formula is C24H18ClF3N4O4. The highest BCUT2D eigenvalue weighted by Gasteiger charge is 2.31. The minimum absolute atomic E-state index is 0.0258. The predicted octanol–water partition coefficient (Wildman–Crippen LogP) is 4.90. The Morgan fingerprint density at radius 2 is 1.83 bits per heavy atom. The van der Waals surface area contributed by atoms with Crippen LogP contribution in [-0.4, -0.2) is 31.5 Å². The normalized spacial score (nSPS) is 11.4. The van der Waals surface area contributed by atoms with Gasteiger partial charge in [-0.25, -0.2) is 14.3 Å². The van der Waals surface area contributed by atoms with E-state index >= 15 is 0 Å². The van der Waals surface area contributed by atoms with Gasteiger partial charge >= 0.3 is 12.1 Å². The lowest BCUT2D eigenvalue weighted by Crippen LogP contribution is -2.24. The quantitative estimate of drug-likeness (QED) is 0.378. The van der Waals surface area contributed by atoms with E-state index in [2.05, 4.69) is 15.0 Å². The number of imidazole rings is 1. The maximum absolute atomic E-state index is 13.1. The maximum Gasteiger partial charge on any atom is 0.573 e. The number of carbonyl (C=O) groups excluding carboxylic acids is 1. The number of hydrogen-bond acceptors (Lipinski definition) is 5. The van der Waals surface area contributed by atoms with E-state index in [1.807, 2.05) is 0 Å². The number of nitrogens with one attached hydrogen (secondary N) is 1. The molecule has 0 aliphatic carbocycles. The molecule has 0 saturated carbocycles. The molecule has 12 heteroatoms. The summed E-state index contributed by atoms with van der Waals surface area (Å²) in [5.41, 5.74) is 0.626. The van der Waals surface area contributed by atoms with E-state index in [0.29, 0.717) is 5.56 Å². The van der Waals surface area contributed by atoms with Crippen LogP contribution in [0.4, 0.5) is 19.0 Å². The van der Waals surface area contributed by atoms with Crippen molar-refractivity contribution in [3.63, 3.8) is 0 Å². The van der Waals surface area contributed by atoms with E-state index in [1.165, 1.54) is 29.8 Å². The van der Waals surface area contributed by atoms with E-state index in [9.17, 15) is 27.9 Å². The zero-order valence-corrected chi connectivity index (χ0v) is 19.3. The minimum atomic E-state index is -4.85. The Morgan fingerprint density at radius 1 is 1.14 bits per heavy atom. The van der Waals surface area contributed by atoms with Gasteiger partial charge in [0, 0.05) is 6.20 Å². The van der Waals surface area contributed by atoms with Gasteiger partial charge in [-0.2, -0.15) is 0 Å². The number of anilines is 1. The summed E-state index contributed by atoms with van der Waals surface area (Å²) in [5, 5.41) is 13.5. The molecule has 0 aliphatic rings. The van der Waals surface area contributed by atoms with Crippen molar-refractivity contribution in [1.82, 2.24) is 14.1 Å². The zero-order valence-electron chi connectivity index (χ0n) is 18.6. The lowest BCUT2D eigenvalue weighted by atomic mass is 10.2. The van der Waals surface area contributed by atoms with Crippen LogP contribution in [-0.2, 0) is 6.54 Å². The molecule has 0 radical (unpaired) electrons. The van der Waals surface area contributed by atoms with E-state index < -0.39 is 23.7 Å². The monoisotopic (exact) mass is 518 g/mol. The van der Waals surface area contributed by atoms with Crippen LogP contribution in [0.5, 0.6) is 11.6 Å². The number of rotatable bonds is 6. The van der Waals surface area contributed by atoms with Crippen LogP contribution >= 0.6 is 11.6 Å². The molecule has 4 aromatic rings. The van der Waals surface area contributed by atoms with Crippen LogP contribution in [0.15, 0.2) is 71.7 Å². The molecular weight excluding hydrogens is 501 g/mol. The first-order chi connectivity index (χ1) is 17.0. The number of aromatic hydroxyl groups is 1. The standard InChI is InChI=1S/C24H18ClF3N4O4/c1-14-22(34)32(16-6-8-17(9-7-16)36-24(26,27)28)23(35)31(14)13-15-10-11-29-20(12-15)30-21(33)18-4-2-3-5-19(18)25/h2-12,34H,13H2,1H3,(H,29,30,33). The summed E-state index contributed by atoms with van der Waals surface area (Å²) in [6.45, 7) is 1.55. The molecule has 2 aromatic carbocycles. The van der Waals surface area contributed by atoms with Gasteiger partial charge < -0.3 is 15.2 Å². The Kier molecular flexibility index (Phi) is 6.75. The molecule has 0 spiro atoms. The summed E-state index contributed by atoms with van der Waals surface area (Å²) in [7, 11) is 0. The van der Waals surface area contributed by atoms with E-state index in [0.717, 1.165) is 16.7 Å². The van der Waals surface area contributed by atoms with E-state index in [1.54, 1.807) is 36.4 Å². The lowest BCUT2D eigenvalue weighted by molar-refractivity contribution is -0.274. The van der Waals surface area contributed by atoms with Crippen molar-refractivity contribution >= 4 is 23.3 Å². The topological polar surface area (TPSA) is 98.4 Å². The first-order valence-corrected chi connectivity index (χ1v) is 10.8. The zero-order chi connectivity index (χ0) is 26.0. The fourth-order valence-corrected chi connectivity index (χ4v) is 3.73. The number of hydrogen-bond donors (Lipinski definition) is 2. The average molecular weight is 519 g/mol. The van der Waals surface area contributed by atoms with Crippen molar-refractivity contribution in [2.45, 2.75) is 19.8 Å². The first kappa shape index (κ1) is 24.9. The largest absolute Gasteiger partial charge is 0.573 e. The molecule has 2 N–H and O–H groups in total. The van der Waals surface area contributed by atoms with Gasteiger partial charge in [-0.05, 0) is 61.0 Å². The number of halogens is 4. The van der Waals surface area contributed by atoms with Gasteiger partial charge in [0.25, 0.3) is 5.91 Å². The smallest absolute Gasteiger partial charge is 0.493 e. The molecule has 1 amide bonds. The summed E-state index contributed by atoms with van der Waals surface area (Å²) < 4.78 is 43.3. The predicted molar refractivity (Wildman–Crippen MR) is 126 cm³/mol. The fraction of sp³-hybridized carbons (Fsp3) is 0.125. The number of nitrogens with zero attached hydrogens (tertiary/aromatic N) is 3. The summed E-state index contributed by atoms with van der Waals surface area (Å²) >= 11 is 6.06. The third-order valence-electron chi connectivity index (χ3n) is 5.22. The molecule has 0 unspecified atom stereocenters. The summed E-state index contributed by atoms with van der Waals surface area (Å²) in [4.78, 5) is 29.7.